The van der Waals surface area contributed by atoms with Gasteiger partial charge in [0, 0.05) is 29.7 Å². The quantitative estimate of drug-likeness (QED) is 0.555. The highest BCUT2D eigenvalue weighted by Crippen LogP contribution is 2.27. The van der Waals surface area contributed by atoms with E-state index in [0.717, 1.165) is 32.4 Å². The van der Waals surface area contributed by atoms with Gasteiger partial charge in [0.2, 0.25) is 5.78 Å². The van der Waals surface area contributed by atoms with Crippen LogP contribution in [0, 0.1) is 0 Å². The van der Waals surface area contributed by atoms with Gasteiger partial charge in [-0.25, -0.2) is 0 Å². The monoisotopic (exact) mass is 280 g/mol. The van der Waals surface area contributed by atoms with Crippen LogP contribution in [0.4, 0.5) is 0 Å². The number of H-pyrrole nitrogens is 1. The number of benzene rings is 1. The lowest BCUT2D eigenvalue weighted by molar-refractivity contribution is 0.103. The minimum Gasteiger partial charge on any atom is -0.360 e. The fourth-order valence-corrected chi connectivity index (χ4v) is 3.51. The van der Waals surface area contributed by atoms with Crippen LogP contribution in [0.5, 0.6) is 0 Å². The van der Waals surface area contributed by atoms with E-state index in [9.17, 15) is 4.79 Å². The summed E-state index contributed by atoms with van der Waals surface area (Å²) in [4.78, 5) is 15.9. The molecule has 4 aromatic rings. The molecule has 1 aromatic carbocycles. The van der Waals surface area contributed by atoms with Crippen LogP contribution in [-0.2, 0) is 7.05 Å². The number of rotatable bonds is 2. The molecule has 0 aliphatic carbocycles. The van der Waals surface area contributed by atoms with E-state index in [4.69, 9.17) is 0 Å². The van der Waals surface area contributed by atoms with Crippen molar-refractivity contribution in [3.05, 3.63) is 59.2 Å². The van der Waals surface area contributed by atoms with Crippen LogP contribution in [0.1, 0.15) is 16.1 Å². The predicted octanol–water partition coefficient (Wildman–Crippen LogP) is 3.95. The second-order valence-electron chi connectivity index (χ2n) is 4.84. The van der Waals surface area contributed by atoms with Crippen LogP contribution in [0.25, 0.3) is 21.1 Å². The van der Waals surface area contributed by atoms with Crippen molar-refractivity contribution in [2.24, 2.45) is 7.05 Å². The predicted molar refractivity (Wildman–Crippen MR) is 82.5 cm³/mol. The van der Waals surface area contributed by atoms with Gasteiger partial charge >= 0.3 is 0 Å². The van der Waals surface area contributed by atoms with Crippen molar-refractivity contribution < 1.29 is 4.79 Å². The Labute approximate surface area is 119 Å². The Bertz CT molecular complexity index is 942. The van der Waals surface area contributed by atoms with E-state index >= 15 is 0 Å². The summed E-state index contributed by atoms with van der Waals surface area (Å²) >= 11 is 1.66. The summed E-state index contributed by atoms with van der Waals surface area (Å²) in [5.74, 6) is 0.0633. The normalized spacial score (nSPS) is 11.4. The molecule has 0 unspecified atom stereocenters. The van der Waals surface area contributed by atoms with Crippen molar-refractivity contribution in [1.82, 2.24) is 9.55 Å². The molecule has 0 spiro atoms. The topological polar surface area (TPSA) is 37.8 Å². The van der Waals surface area contributed by atoms with Crippen molar-refractivity contribution in [1.29, 1.82) is 0 Å². The van der Waals surface area contributed by atoms with Crippen molar-refractivity contribution in [3.63, 3.8) is 0 Å². The Kier molecular flexibility index (Phi) is 2.35. The van der Waals surface area contributed by atoms with Crippen molar-refractivity contribution >= 4 is 38.2 Å². The molecule has 20 heavy (non-hydrogen) atoms. The lowest BCUT2D eigenvalue weighted by Gasteiger charge is -2.02. The fraction of sp³-hybridized carbons (Fsp3) is 0.0625. The first kappa shape index (κ1) is 11.5. The number of aryl methyl sites for hydroxylation is 1. The zero-order valence-electron chi connectivity index (χ0n) is 10.9. The van der Waals surface area contributed by atoms with Crippen LogP contribution >= 0.6 is 11.3 Å². The molecule has 3 nitrogen and oxygen atoms in total. The highest BCUT2D eigenvalue weighted by molar-refractivity contribution is 7.17. The summed E-state index contributed by atoms with van der Waals surface area (Å²) in [5.41, 5.74) is 3.57. The Morgan fingerprint density at radius 3 is 2.95 bits per heavy atom. The van der Waals surface area contributed by atoms with Crippen molar-refractivity contribution in [2.45, 2.75) is 0 Å². The average Bonchev–Trinajstić information content (AvgIpc) is 3.14. The van der Waals surface area contributed by atoms with Gasteiger partial charge in [0.1, 0.15) is 0 Å². The fourth-order valence-electron chi connectivity index (χ4n) is 2.67. The zero-order chi connectivity index (χ0) is 13.7. The molecule has 4 rings (SSSR count). The van der Waals surface area contributed by atoms with Crippen LogP contribution in [0.2, 0.25) is 0 Å². The summed E-state index contributed by atoms with van der Waals surface area (Å²) in [6.07, 6.45) is 1.80. The first-order chi connectivity index (χ1) is 9.75. The molecule has 0 aliphatic heterocycles. The van der Waals surface area contributed by atoms with Crippen molar-refractivity contribution in [3.8, 4) is 0 Å². The Morgan fingerprint density at radius 2 is 2.10 bits per heavy atom. The number of aromatic amines is 1. The molecule has 3 aromatic heterocycles. The number of hydrogen-bond acceptors (Lipinski definition) is 2. The largest absolute Gasteiger partial charge is 0.360 e. The van der Waals surface area contributed by atoms with Crippen LogP contribution in [-0.4, -0.2) is 15.3 Å². The maximum absolute atomic E-state index is 12.8. The molecular weight excluding hydrogens is 268 g/mol. The van der Waals surface area contributed by atoms with E-state index < -0.39 is 0 Å². The molecule has 3 heterocycles. The maximum atomic E-state index is 12.8. The third-order valence-corrected chi connectivity index (χ3v) is 4.58. The number of ketones is 1. The van der Waals surface area contributed by atoms with Gasteiger partial charge < -0.3 is 9.55 Å². The Balaban J connectivity index is 1.91. The molecule has 4 heteroatoms. The molecule has 0 aliphatic rings. The number of aromatic nitrogens is 2. The standard InChI is InChI=1S/C16H12N2OS/c1-18-13-6-7-20-15(13)8-14(18)16(19)11-9-17-12-5-3-2-4-10(11)12/h2-9,17H,1H3. The lowest BCUT2D eigenvalue weighted by atomic mass is 10.1. The molecule has 0 radical (unpaired) electrons. The van der Waals surface area contributed by atoms with Gasteiger partial charge in [-0.1, -0.05) is 18.2 Å². The third-order valence-electron chi connectivity index (χ3n) is 3.73. The molecule has 1 N–H and O–H groups in total. The smallest absolute Gasteiger partial charge is 0.211 e. The zero-order valence-corrected chi connectivity index (χ0v) is 11.7. The van der Waals surface area contributed by atoms with Gasteiger partial charge in [0.05, 0.1) is 15.9 Å². The molecule has 0 atom stereocenters. The molecule has 0 amide bonds. The number of thiophene rings is 1. The number of hydrogen-bond donors (Lipinski definition) is 1. The number of fused-ring (bicyclic) bond motifs is 2. The Hall–Kier alpha value is -2.33. The first-order valence-corrected chi connectivity index (χ1v) is 7.27. The number of nitrogens with one attached hydrogen (secondary N) is 1. The van der Waals surface area contributed by atoms with E-state index in [-0.39, 0.29) is 5.78 Å². The van der Waals surface area contributed by atoms with E-state index in [1.54, 1.807) is 17.5 Å². The van der Waals surface area contributed by atoms with Gasteiger partial charge in [-0.3, -0.25) is 4.79 Å². The van der Waals surface area contributed by atoms with Crippen LogP contribution in [0.15, 0.2) is 48.0 Å². The summed E-state index contributed by atoms with van der Waals surface area (Å²) in [6, 6.07) is 11.9. The molecule has 98 valence electrons. The number of nitrogens with zero attached hydrogens (tertiary/aromatic N) is 1. The average molecular weight is 280 g/mol. The molecule has 0 saturated carbocycles. The van der Waals surface area contributed by atoms with E-state index in [1.807, 2.05) is 53.4 Å². The van der Waals surface area contributed by atoms with Gasteiger partial charge in [-0.05, 0) is 23.6 Å². The van der Waals surface area contributed by atoms with E-state index in [1.165, 1.54) is 0 Å². The maximum Gasteiger partial charge on any atom is 0.211 e. The van der Waals surface area contributed by atoms with Gasteiger partial charge in [0.25, 0.3) is 0 Å². The SMILES string of the molecule is Cn1c(C(=O)c2c[nH]c3ccccc23)cc2sccc21. The number of carbonyl (C=O) groups is 1. The van der Waals surface area contributed by atoms with Gasteiger partial charge in [0.15, 0.2) is 0 Å². The van der Waals surface area contributed by atoms with Crippen LogP contribution < -0.4 is 0 Å². The Morgan fingerprint density at radius 1 is 1.25 bits per heavy atom. The van der Waals surface area contributed by atoms with Gasteiger partial charge in [-0.2, -0.15) is 0 Å². The highest BCUT2D eigenvalue weighted by atomic mass is 32.1. The van der Waals surface area contributed by atoms with Crippen molar-refractivity contribution in [2.75, 3.05) is 0 Å². The summed E-state index contributed by atoms with van der Waals surface area (Å²) < 4.78 is 3.12. The third kappa shape index (κ3) is 1.48. The molecule has 0 fully saturated rings. The summed E-state index contributed by atoms with van der Waals surface area (Å²) in [7, 11) is 1.94. The summed E-state index contributed by atoms with van der Waals surface area (Å²) in [6.45, 7) is 0. The van der Waals surface area contributed by atoms with E-state index in [2.05, 4.69) is 4.98 Å². The number of para-hydroxylation sites is 1. The lowest BCUT2D eigenvalue weighted by Crippen LogP contribution is -2.06. The second kappa shape index (κ2) is 4.08. The minimum atomic E-state index is 0.0633. The van der Waals surface area contributed by atoms with Gasteiger partial charge in [-0.15, -0.1) is 11.3 Å². The molecule has 0 bridgehead atoms. The second-order valence-corrected chi connectivity index (χ2v) is 5.78. The first-order valence-electron chi connectivity index (χ1n) is 6.39. The molecule has 0 saturated heterocycles. The summed E-state index contributed by atoms with van der Waals surface area (Å²) in [5, 5.41) is 3.02. The minimum absolute atomic E-state index is 0.0633. The number of carbonyl (C=O) groups excluding carboxylic acids is 1. The highest BCUT2D eigenvalue weighted by Gasteiger charge is 2.18. The van der Waals surface area contributed by atoms with E-state index in [0.29, 0.717) is 0 Å². The van der Waals surface area contributed by atoms with Crippen LogP contribution in [0.3, 0.4) is 0 Å². The molecular formula is C16H12N2OS.